The molecule has 0 aliphatic heterocycles. The second-order valence-corrected chi connectivity index (χ2v) is 11.9. The fraction of sp³-hybridized carbons (Fsp3) is 0.259. The van der Waals surface area contributed by atoms with Gasteiger partial charge in [-0.25, -0.2) is 4.98 Å². The third kappa shape index (κ3) is 8.61. The monoisotopic (exact) mass is 619 g/mol. The summed E-state index contributed by atoms with van der Waals surface area (Å²) in [4.78, 5) is 38.8. The van der Waals surface area contributed by atoms with Crippen molar-refractivity contribution in [1.82, 2.24) is 25.1 Å². The van der Waals surface area contributed by atoms with E-state index in [2.05, 4.69) is 31.0 Å². The van der Waals surface area contributed by atoms with Crippen LogP contribution in [0.15, 0.2) is 61.1 Å². The van der Waals surface area contributed by atoms with Gasteiger partial charge in [0.25, 0.3) is 5.91 Å². The maximum Gasteiger partial charge on any atom is 0.421 e. The summed E-state index contributed by atoms with van der Waals surface area (Å²) in [7, 11) is -2.89. The largest absolute Gasteiger partial charge is 0.421 e. The zero-order chi connectivity index (χ0) is 31.6. The number of aromatic nitrogens is 4. The smallest absolute Gasteiger partial charge is 0.389 e. The second-order valence-electron chi connectivity index (χ2n) is 10.3. The first-order valence-corrected chi connectivity index (χ1v) is 14.5. The van der Waals surface area contributed by atoms with Gasteiger partial charge < -0.3 is 30.8 Å². The summed E-state index contributed by atoms with van der Waals surface area (Å²) in [6, 6.07) is 10.4. The first kappa shape index (κ1) is 31.6. The molecule has 0 unspecified atom stereocenters. The molecule has 0 bridgehead atoms. The minimum Gasteiger partial charge on any atom is -0.389 e. The van der Waals surface area contributed by atoms with Crippen LogP contribution in [0.1, 0.15) is 35.3 Å². The Kier molecular flexibility index (Phi) is 8.92. The van der Waals surface area contributed by atoms with Gasteiger partial charge in [0.2, 0.25) is 5.95 Å². The van der Waals surface area contributed by atoms with Crippen LogP contribution in [0.25, 0.3) is 11.1 Å². The van der Waals surface area contributed by atoms with E-state index in [-0.39, 0.29) is 23.7 Å². The Hall–Kier alpha value is -4.30. The number of halogens is 3. The Morgan fingerprint density at radius 3 is 2.33 bits per heavy atom. The number of nitrogens with one attached hydrogen (secondary N) is 3. The predicted molar refractivity (Wildman–Crippen MR) is 153 cm³/mol. The molecule has 0 fully saturated rings. The maximum absolute atomic E-state index is 13.9. The van der Waals surface area contributed by atoms with Gasteiger partial charge in [-0.05, 0) is 49.2 Å². The molecule has 43 heavy (non-hydrogen) atoms. The van der Waals surface area contributed by atoms with Crippen LogP contribution in [0.2, 0.25) is 0 Å². The number of rotatable bonds is 10. The van der Waals surface area contributed by atoms with Crippen LogP contribution in [0.4, 0.5) is 36.3 Å². The van der Waals surface area contributed by atoms with Crippen molar-refractivity contribution in [3.8, 4) is 11.1 Å². The summed E-state index contributed by atoms with van der Waals surface area (Å²) in [5, 5.41) is 22.2. The first-order chi connectivity index (χ1) is 20.0. The van der Waals surface area contributed by atoms with Gasteiger partial charge in [-0.15, -0.1) is 0 Å². The number of hydrogen-bond acceptors (Lipinski definition) is 8. The second kappa shape index (κ2) is 12.1. The summed E-state index contributed by atoms with van der Waals surface area (Å²) < 4.78 is 54.5. The van der Waals surface area contributed by atoms with Gasteiger partial charge >= 0.3 is 13.8 Å². The van der Waals surface area contributed by atoms with Crippen molar-refractivity contribution >= 4 is 36.6 Å². The minimum absolute atomic E-state index is 0.0390. The Balaban J connectivity index is 1.66. The number of nitrogens with zero attached hydrogens (tertiary/aromatic N) is 4. The van der Waals surface area contributed by atoms with E-state index < -0.39 is 42.8 Å². The summed E-state index contributed by atoms with van der Waals surface area (Å²) in [6.45, 7) is 3.48. The molecule has 2 heterocycles. The number of aliphatic hydroxyl groups is 1. The van der Waals surface area contributed by atoms with Crippen molar-refractivity contribution < 1.29 is 37.4 Å². The van der Waals surface area contributed by atoms with Crippen LogP contribution in [0, 0.1) is 0 Å². The maximum atomic E-state index is 13.9. The van der Waals surface area contributed by atoms with Gasteiger partial charge in [0, 0.05) is 30.7 Å². The van der Waals surface area contributed by atoms with E-state index in [9.17, 15) is 27.6 Å². The predicted octanol–water partition coefficient (Wildman–Crippen LogP) is 4.65. The first-order valence-electron chi connectivity index (χ1n) is 12.7. The van der Waals surface area contributed by atoms with Crippen molar-refractivity contribution in [1.29, 1.82) is 0 Å². The van der Waals surface area contributed by atoms with Gasteiger partial charge in [-0.3, -0.25) is 14.0 Å². The van der Waals surface area contributed by atoms with Gasteiger partial charge in [0.1, 0.15) is 11.4 Å². The molecule has 12 nitrogen and oxygen atoms in total. The SMILES string of the molecule is CNC(=O)c1cc(-c2cnn(CC(C)(C)O)c2)ccc1Nc1nc(Nc2ccc(CP(=O)(O)O)cc2)ncc1C(F)(F)F. The van der Waals surface area contributed by atoms with E-state index in [0.29, 0.717) is 28.6 Å². The molecule has 4 rings (SSSR count). The highest BCUT2D eigenvalue weighted by atomic mass is 31.2. The van der Waals surface area contributed by atoms with Crippen LogP contribution in [-0.4, -0.2) is 53.2 Å². The molecule has 4 aromatic rings. The Labute approximate surface area is 244 Å². The molecule has 0 aliphatic rings. The van der Waals surface area contributed by atoms with Gasteiger partial charge in [0.05, 0.1) is 35.8 Å². The van der Waals surface area contributed by atoms with E-state index >= 15 is 0 Å². The average molecular weight is 620 g/mol. The molecule has 0 saturated carbocycles. The van der Waals surface area contributed by atoms with Crippen molar-refractivity contribution in [2.45, 2.75) is 38.3 Å². The molecule has 2 aromatic heterocycles. The Bertz CT molecular complexity index is 1660. The number of amides is 1. The van der Waals surface area contributed by atoms with E-state index in [1.54, 1.807) is 32.3 Å². The highest BCUT2D eigenvalue weighted by molar-refractivity contribution is 7.50. The number of alkyl halides is 3. The van der Waals surface area contributed by atoms with E-state index in [1.807, 2.05) is 0 Å². The van der Waals surface area contributed by atoms with Crippen molar-refractivity contribution in [3.05, 3.63) is 77.7 Å². The third-order valence-corrected chi connectivity index (χ3v) is 6.73. The highest BCUT2D eigenvalue weighted by Gasteiger charge is 2.35. The standard InChI is InChI=1S/C27H29F3N7O5P/c1-26(2,39)15-37-13-18(11-33-37)17-6-9-22(20(10-17)24(38)31-3)35-23-21(27(28,29)30)12-32-25(36-23)34-19-7-4-16(5-8-19)14-43(40,41)42/h4-13,39H,14-15H2,1-3H3,(H,31,38)(H2,40,41,42)(H2,32,34,35,36). The normalized spacial score (nSPS) is 12.2. The van der Waals surface area contributed by atoms with Crippen LogP contribution in [0.3, 0.4) is 0 Å². The quantitative estimate of drug-likeness (QED) is 0.137. The zero-order valence-electron chi connectivity index (χ0n) is 23.2. The van der Waals surface area contributed by atoms with E-state index in [0.717, 1.165) is 0 Å². The number of carbonyl (C=O) groups is 1. The molecule has 0 spiro atoms. The number of carbonyl (C=O) groups excluding carboxylic acids is 1. The molecule has 1 amide bonds. The summed E-state index contributed by atoms with van der Waals surface area (Å²) >= 11 is 0. The number of anilines is 4. The fourth-order valence-corrected chi connectivity index (χ4v) is 4.77. The molecule has 2 aromatic carbocycles. The Morgan fingerprint density at radius 1 is 1.02 bits per heavy atom. The van der Waals surface area contributed by atoms with Crippen molar-refractivity contribution in [2.24, 2.45) is 0 Å². The van der Waals surface area contributed by atoms with Crippen molar-refractivity contribution in [2.75, 3.05) is 17.7 Å². The van der Waals surface area contributed by atoms with Crippen LogP contribution in [-0.2, 0) is 23.4 Å². The lowest BCUT2D eigenvalue weighted by Gasteiger charge is -2.17. The van der Waals surface area contributed by atoms with E-state index in [4.69, 9.17) is 9.79 Å². The fourth-order valence-electron chi connectivity index (χ4n) is 4.08. The van der Waals surface area contributed by atoms with Crippen LogP contribution < -0.4 is 16.0 Å². The number of benzene rings is 2. The van der Waals surface area contributed by atoms with Gasteiger partial charge in [0.15, 0.2) is 0 Å². The topological polar surface area (TPSA) is 175 Å². The summed E-state index contributed by atoms with van der Waals surface area (Å²) in [6.07, 6.45) is -1.46. The molecule has 6 N–H and O–H groups in total. The van der Waals surface area contributed by atoms with Crippen LogP contribution in [0.5, 0.6) is 0 Å². The zero-order valence-corrected chi connectivity index (χ0v) is 24.1. The third-order valence-electron chi connectivity index (χ3n) is 5.95. The van der Waals surface area contributed by atoms with Gasteiger partial charge in [-0.2, -0.15) is 23.3 Å². The molecule has 228 valence electrons. The molecule has 0 saturated heterocycles. The Morgan fingerprint density at radius 2 is 1.72 bits per heavy atom. The molecular weight excluding hydrogens is 590 g/mol. The van der Waals surface area contributed by atoms with Crippen LogP contribution >= 0.6 is 7.60 Å². The number of hydrogen-bond donors (Lipinski definition) is 6. The van der Waals surface area contributed by atoms with Gasteiger partial charge in [-0.1, -0.05) is 18.2 Å². The molecule has 0 radical (unpaired) electrons. The summed E-state index contributed by atoms with van der Waals surface area (Å²) in [5.41, 5.74) is -0.186. The molecular formula is C27H29F3N7O5P. The lowest BCUT2D eigenvalue weighted by molar-refractivity contribution is -0.137. The minimum atomic E-state index is -4.83. The molecule has 0 aliphatic carbocycles. The average Bonchev–Trinajstić information content (AvgIpc) is 3.35. The molecule has 0 atom stereocenters. The lowest BCUT2D eigenvalue weighted by Crippen LogP contribution is -2.26. The highest BCUT2D eigenvalue weighted by Crippen LogP contribution is 2.39. The lowest BCUT2D eigenvalue weighted by atomic mass is 10.0. The van der Waals surface area contributed by atoms with Crippen molar-refractivity contribution in [3.63, 3.8) is 0 Å². The molecule has 16 heteroatoms. The van der Waals surface area contributed by atoms with E-state index in [1.165, 1.54) is 48.1 Å². The summed E-state index contributed by atoms with van der Waals surface area (Å²) in [5.74, 6) is -1.38.